The normalized spacial score (nSPS) is 15.7. The van der Waals surface area contributed by atoms with E-state index in [0.29, 0.717) is 29.8 Å². The molecule has 9 heteroatoms. The Morgan fingerprint density at radius 2 is 1.70 bits per heavy atom. The Morgan fingerprint density at radius 3 is 2.30 bits per heavy atom. The third-order valence-corrected chi connectivity index (χ3v) is 6.92. The van der Waals surface area contributed by atoms with Crippen molar-refractivity contribution in [2.45, 2.75) is 51.7 Å². The Labute approximate surface area is 224 Å². The van der Waals surface area contributed by atoms with Crippen LogP contribution in [0.4, 0.5) is 0 Å². The van der Waals surface area contributed by atoms with Crippen molar-refractivity contribution in [2.24, 2.45) is 0 Å². The van der Waals surface area contributed by atoms with Gasteiger partial charge in [0.05, 0.1) is 42.2 Å². The van der Waals surface area contributed by atoms with Crippen LogP contribution in [0.15, 0.2) is 64.2 Å². The molecule has 0 amide bonds. The molecular weight excluding hydrogens is 488 g/mol. The number of carbonyl (C=O) groups excluding carboxylic acids is 2. The number of dihydropyridines is 1. The minimum Gasteiger partial charge on any atom is -0.463 e. The number of hydrogen-bond donors (Lipinski definition) is 1. The van der Waals surface area contributed by atoms with Gasteiger partial charge in [0, 0.05) is 30.9 Å². The van der Waals surface area contributed by atoms with Crippen LogP contribution >= 0.6 is 11.8 Å². The van der Waals surface area contributed by atoms with E-state index in [1.165, 1.54) is 0 Å². The molecule has 0 spiro atoms. The lowest BCUT2D eigenvalue weighted by atomic mass is 9.82. The van der Waals surface area contributed by atoms with Crippen LogP contribution in [0.2, 0.25) is 0 Å². The number of thioether (sulfide) groups is 1. The van der Waals surface area contributed by atoms with E-state index in [0.717, 1.165) is 34.4 Å². The first-order valence-corrected chi connectivity index (χ1v) is 13.7. The molecular formula is C28H38N4O4S. The summed E-state index contributed by atoms with van der Waals surface area (Å²) in [4.78, 5) is 33.7. The third kappa shape index (κ3) is 6.84. The van der Waals surface area contributed by atoms with Crippen LogP contribution in [0.3, 0.4) is 0 Å². The summed E-state index contributed by atoms with van der Waals surface area (Å²) in [5.74, 6) is -0.742. The van der Waals surface area contributed by atoms with Crippen molar-refractivity contribution in [3.8, 4) is 0 Å². The molecule has 2 aromatic rings. The van der Waals surface area contributed by atoms with E-state index in [2.05, 4.69) is 33.8 Å². The van der Waals surface area contributed by atoms with Crippen molar-refractivity contribution in [1.29, 1.82) is 0 Å². The van der Waals surface area contributed by atoms with Crippen molar-refractivity contribution >= 4 is 23.7 Å². The largest absolute Gasteiger partial charge is 0.463 e. The van der Waals surface area contributed by atoms with Gasteiger partial charge >= 0.3 is 11.9 Å². The fraction of sp³-hybridized carbons (Fsp3) is 0.464. The number of allylic oxidation sites excluding steroid dienone is 1. The molecule has 1 aromatic carbocycles. The lowest BCUT2D eigenvalue weighted by Crippen LogP contribution is -2.35. The number of hydrogen-bond acceptors (Lipinski definition) is 8. The summed E-state index contributed by atoms with van der Waals surface area (Å²) in [6, 6.07) is 10.1. The van der Waals surface area contributed by atoms with Gasteiger partial charge in [-0.15, -0.1) is 0 Å². The Hall–Kier alpha value is -3.04. The van der Waals surface area contributed by atoms with Crippen LogP contribution in [0.5, 0.6) is 0 Å². The topological polar surface area (TPSA) is 85.7 Å². The molecule has 1 N–H and O–H groups in total. The van der Waals surface area contributed by atoms with E-state index >= 15 is 0 Å². The van der Waals surface area contributed by atoms with Crippen LogP contribution in [0.1, 0.15) is 51.3 Å². The number of benzene rings is 1. The highest BCUT2D eigenvalue weighted by atomic mass is 32.2. The number of rotatable bonds is 12. The molecule has 1 atom stereocenters. The van der Waals surface area contributed by atoms with Gasteiger partial charge in [0.25, 0.3) is 0 Å². The molecule has 0 saturated carbocycles. The number of ether oxygens (including phenoxy) is 2. The third-order valence-electron chi connectivity index (χ3n) is 6.05. The van der Waals surface area contributed by atoms with E-state index < -0.39 is 17.9 Å². The molecule has 2 heterocycles. The molecule has 1 aliphatic heterocycles. The van der Waals surface area contributed by atoms with Gasteiger partial charge in [-0.05, 0) is 46.2 Å². The number of nitrogens with zero attached hydrogens (tertiary/aromatic N) is 3. The first kappa shape index (κ1) is 28.5. The highest BCUT2D eigenvalue weighted by molar-refractivity contribution is 7.99. The van der Waals surface area contributed by atoms with Gasteiger partial charge in [0.15, 0.2) is 5.16 Å². The number of imidazole rings is 1. The average Bonchev–Trinajstić information content (AvgIpc) is 3.24. The second-order valence-electron chi connectivity index (χ2n) is 8.95. The fourth-order valence-electron chi connectivity index (χ4n) is 4.42. The second kappa shape index (κ2) is 13.5. The fourth-order valence-corrected chi connectivity index (χ4v) is 5.14. The SMILES string of the molecule is CCOC(=O)C1=C(C)NC(CCN(C)C)=C(C(=O)OCC)C1c1cnc(SCC)n1Cc1ccccc1. The number of aromatic nitrogens is 2. The van der Waals surface area contributed by atoms with Gasteiger partial charge in [0.2, 0.25) is 0 Å². The van der Waals surface area contributed by atoms with Crippen LogP contribution in [-0.2, 0) is 25.6 Å². The summed E-state index contributed by atoms with van der Waals surface area (Å²) >= 11 is 1.63. The summed E-state index contributed by atoms with van der Waals surface area (Å²) in [5, 5.41) is 4.18. The lowest BCUT2D eigenvalue weighted by Gasteiger charge is -2.32. The standard InChI is InChI=1S/C28H38N4O4S/c1-7-35-26(33)23-19(4)30-21(15-16-31(5)6)24(27(34)36-8-2)25(23)22-17-29-28(37-9-3)32(22)18-20-13-11-10-12-14-20/h10-14,17,25,30H,7-9,15-16,18H2,1-6H3. The minimum atomic E-state index is -0.682. The smallest absolute Gasteiger partial charge is 0.336 e. The molecule has 0 saturated heterocycles. The predicted octanol–water partition coefficient (Wildman–Crippen LogP) is 4.34. The van der Waals surface area contributed by atoms with Crippen molar-refractivity contribution in [2.75, 3.05) is 39.6 Å². The molecule has 200 valence electrons. The summed E-state index contributed by atoms with van der Waals surface area (Å²) in [7, 11) is 3.97. The zero-order chi connectivity index (χ0) is 26.9. The van der Waals surface area contributed by atoms with Crippen LogP contribution in [0, 0.1) is 0 Å². The van der Waals surface area contributed by atoms with Gasteiger partial charge in [-0.3, -0.25) is 0 Å². The molecule has 3 rings (SSSR count). The quantitative estimate of drug-likeness (QED) is 0.323. The lowest BCUT2D eigenvalue weighted by molar-refractivity contribution is -0.139. The number of esters is 2. The van der Waals surface area contributed by atoms with E-state index in [1.807, 2.05) is 39.2 Å². The molecule has 0 radical (unpaired) electrons. The molecule has 0 aliphatic carbocycles. The summed E-state index contributed by atoms with van der Waals surface area (Å²) in [5.41, 5.74) is 4.11. The predicted molar refractivity (Wildman–Crippen MR) is 146 cm³/mol. The van der Waals surface area contributed by atoms with E-state index in [4.69, 9.17) is 14.5 Å². The molecule has 1 aromatic heterocycles. The van der Waals surface area contributed by atoms with E-state index in [-0.39, 0.29) is 13.2 Å². The first-order valence-electron chi connectivity index (χ1n) is 12.7. The van der Waals surface area contributed by atoms with E-state index in [1.54, 1.807) is 31.8 Å². The molecule has 1 unspecified atom stereocenters. The van der Waals surface area contributed by atoms with E-state index in [9.17, 15) is 9.59 Å². The molecule has 37 heavy (non-hydrogen) atoms. The molecule has 1 aliphatic rings. The van der Waals surface area contributed by atoms with Crippen LogP contribution in [0.25, 0.3) is 0 Å². The molecule has 0 bridgehead atoms. The summed E-state index contributed by atoms with van der Waals surface area (Å²) in [6.45, 7) is 9.23. The Kier molecular flexibility index (Phi) is 10.4. The highest BCUT2D eigenvalue weighted by Gasteiger charge is 2.41. The maximum Gasteiger partial charge on any atom is 0.336 e. The van der Waals surface area contributed by atoms with Gasteiger partial charge in [0.1, 0.15) is 0 Å². The van der Waals surface area contributed by atoms with Gasteiger partial charge in [-0.25, -0.2) is 14.6 Å². The summed E-state index contributed by atoms with van der Waals surface area (Å²) < 4.78 is 13.1. The van der Waals surface area contributed by atoms with Crippen molar-refractivity contribution < 1.29 is 19.1 Å². The van der Waals surface area contributed by atoms with Crippen molar-refractivity contribution in [1.82, 2.24) is 19.8 Å². The van der Waals surface area contributed by atoms with Gasteiger partial charge in [-0.2, -0.15) is 0 Å². The van der Waals surface area contributed by atoms with Crippen LogP contribution in [-0.4, -0.2) is 66.0 Å². The number of carbonyl (C=O) groups is 2. The zero-order valence-electron chi connectivity index (χ0n) is 22.7. The van der Waals surface area contributed by atoms with Gasteiger partial charge < -0.3 is 24.3 Å². The number of nitrogens with one attached hydrogen (secondary N) is 1. The Bertz CT molecular complexity index is 1150. The van der Waals surface area contributed by atoms with Gasteiger partial charge in [-0.1, -0.05) is 49.0 Å². The first-order chi connectivity index (χ1) is 17.8. The highest BCUT2D eigenvalue weighted by Crippen LogP contribution is 2.41. The zero-order valence-corrected chi connectivity index (χ0v) is 23.5. The maximum absolute atomic E-state index is 13.5. The Morgan fingerprint density at radius 1 is 1.05 bits per heavy atom. The van der Waals surface area contributed by atoms with Crippen molar-refractivity contribution in [3.63, 3.8) is 0 Å². The maximum atomic E-state index is 13.5. The molecule has 0 fully saturated rings. The monoisotopic (exact) mass is 526 g/mol. The molecule has 8 nitrogen and oxygen atoms in total. The van der Waals surface area contributed by atoms with Crippen LogP contribution < -0.4 is 5.32 Å². The second-order valence-corrected chi connectivity index (χ2v) is 10.2. The minimum absolute atomic E-state index is 0.230. The average molecular weight is 527 g/mol. The Balaban J connectivity index is 2.26. The summed E-state index contributed by atoms with van der Waals surface area (Å²) in [6.07, 6.45) is 2.38. The van der Waals surface area contributed by atoms with Crippen molar-refractivity contribution in [3.05, 3.63) is 70.3 Å².